The Morgan fingerprint density at radius 1 is 1.67 bits per heavy atom. The zero-order valence-electron chi connectivity index (χ0n) is 9.20. The molecular weight excluding hydrogens is 216 g/mol. The second-order valence-corrected chi connectivity index (χ2v) is 4.01. The summed E-state index contributed by atoms with van der Waals surface area (Å²) in [6.07, 6.45) is 1.75. The van der Waals surface area contributed by atoms with E-state index in [0.717, 1.165) is 5.69 Å². The van der Waals surface area contributed by atoms with Gasteiger partial charge < -0.3 is 4.74 Å². The number of nitrogens with zero attached hydrogens (tertiary/aromatic N) is 2. The monoisotopic (exact) mass is 232 g/mol. The van der Waals surface area contributed by atoms with Crippen LogP contribution in [0.1, 0.15) is 25.6 Å². The molecule has 0 fully saturated rings. The van der Waals surface area contributed by atoms with Crippen LogP contribution >= 0.6 is 11.6 Å². The Balaban J connectivity index is 2.74. The number of aryl methyl sites for hydroxylation is 1. The molecule has 1 rings (SSSR count). The van der Waals surface area contributed by atoms with Crippen molar-refractivity contribution in [3.8, 4) is 0 Å². The van der Waals surface area contributed by atoms with Crippen LogP contribution in [0.4, 0.5) is 0 Å². The van der Waals surface area contributed by atoms with Gasteiger partial charge in [-0.3, -0.25) is 10.5 Å². The average Bonchev–Trinajstić information content (AvgIpc) is 2.49. The molecule has 3 N–H and O–H groups in total. The Labute approximate surface area is 94.5 Å². The lowest BCUT2D eigenvalue weighted by Gasteiger charge is -2.18. The first-order chi connectivity index (χ1) is 7.06. The van der Waals surface area contributed by atoms with E-state index in [1.165, 1.54) is 0 Å². The van der Waals surface area contributed by atoms with Crippen LogP contribution in [-0.4, -0.2) is 22.5 Å². The molecule has 1 aromatic heterocycles. The van der Waals surface area contributed by atoms with Gasteiger partial charge in [0.2, 0.25) is 0 Å². The highest BCUT2D eigenvalue weighted by Gasteiger charge is 2.18. The molecule has 0 aliphatic carbocycles. The van der Waals surface area contributed by atoms with Gasteiger partial charge in [-0.1, -0.05) is 11.6 Å². The van der Waals surface area contributed by atoms with Gasteiger partial charge >= 0.3 is 0 Å². The van der Waals surface area contributed by atoms with Crippen molar-refractivity contribution in [3.63, 3.8) is 0 Å². The number of halogens is 1. The van der Waals surface area contributed by atoms with E-state index in [-0.39, 0.29) is 12.1 Å². The molecule has 0 aliphatic heterocycles. The highest BCUT2D eigenvalue weighted by Crippen LogP contribution is 2.21. The molecule has 1 unspecified atom stereocenters. The minimum atomic E-state index is -0.146. The summed E-state index contributed by atoms with van der Waals surface area (Å²) in [7, 11) is 1.82. The lowest BCUT2D eigenvalue weighted by molar-refractivity contribution is 0.0596. The van der Waals surface area contributed by atoms with Crippen LogP contribution in [0.15, 0.2) is 6.20 Å². The van der Waals surface area contributed by atoms with E-state index in [0.29, 0.717) is 11.6 Å². The Bertz CT molecular complexity index is 294. The minimum absolute atomic E-state index is 0.146. The normalized spacial score (nSPS) is 13.5. The smallest absolute Gasteiger partial charge is 0.0877 e. The number of ether oxygens (including phenoxy) is 1. The van der Waals surface area contributed by atoms with Gasteiger partial charge in [0, 0.05) is 7.05 Å². The maximum Gasteiger partial charge on any atom is 0.0877 e. The van der Waals surface area contributed by atoms with E-state index in [4.69, 9.17) is 22.2 Å². The summed E-state index contributed by atoms with van der Waals surface area (Å²) < 4.78 is 7.18. The first-order valence-corrected chi connectivity index (χ1v) is 5.19. The highest BCUT2D eigenvalue weighted by molar-refractivity contribution is 6.31. The summed E-state index contributed by atoms with van der Waals surface area (Å²) in [4.78, 5) is 0. The molecule has 86 valence electrons. The molecule has 1 heterocycles. The fraction of sp³-hybridized carbons (Fsp3) is 0.667. The maximum absolute atomic E-state index is 6.00. The summed E-state index contributed by atoms with van der Waals surface area (Å²) >= 11 is 6.00. The van der Waals surface area contributed by atoms with Crippen molar-refractivity contribution in [2.75, 3.05) is 6.61 Å². The van der Waals surface area contributed by atoms with E-state index < -0.39 is 0 Å². The predicted octanol–water partition coefficient (Wildman–Crippen LogP) is 1.00. The van der Waals surface area contributed by atoms with Gasteiger partial charge in [0.25, 0.3) is 0 Å². The van der Waals surface area contributed by atoms with Gasteiger partial charge in [0.15, 0.2) is 0 Å². The largest absolute Gasteiger partial charge is 0.377 e. The fourth-order valence-electron chi connectivity index (χ4n) is 1.31. The molecule has 6 heteroatoms. The molecule has 0 radical (unpaired) electrons. The molecule has 1 atom stereocenters. The summed E-state index contributed by atoms with van der Waals surface area (Å²) in [5, 5.41) is 4.64. The number of nitrogens with one attached hydrogen (secondary N) is 1. The summed E-state index contributed by atoms with van der Waals surface area (Å²) in [5.74, 6) is 5.46. The summed E-state index contributed by atoms with van der Waals surface area (Å²) in [6, 6.07) is -0.146. The van der Waals surface area contributed by atoms with Crippen LogP contribution in [0.2, 0.25) is 5.02 Å². The van der Waals surface area contributed by atoms with Gasteiger partial charge in [0.1, 0.15) is 0 Å². The second kappa shape index (κ2) is 5.46. The first kappa shape index (κ1) is 12.4. The molecule has 0 aliphatic rings. The molecule has 15 heavy (non-hydrogen) atoms. The first-order valence-electron chi connectivity index (χ1n) is 4.81. The predicted molar refractivity (Wildman–Crippen MR) is 59.4 cm³/mol. The van der Waals surface area contributed by atoms with Crippen LogP contribution in [0.3, 0.4) is 0 Å². The van der Waals surface area contributed by atoms with Crippen molar-refractivity contribution < 1.29 is 4.74 Å². The topological polar surface area (TPSA) is 65.1 Å². The Kier molecular flexibility index (Phi) is 4.53. The van der Waals surface area contributed by atoms with Gasteiger partial charge in [-0.05, 0) is 13.8 Å². The molecule has 0 aromatic carbocycles. The van der Waals surface area contributed by atoms with Gasteiger partial charge in [-0.15, -0.1) is 0 Å². The van der Waals surface area contributed by atoms with Crippen molar-refractivity contribution in [3.05, 3.63) is 16.9 Å². The molecule has 0 bridgehead atoms. The van der Waals surface area contributed by atoms with E-state index in [1.54, 1.807) is 10.9 Å². The fourth-order valence-corrected chi connectivity index (χ4v) is 1.60. The molecule has 1 aromatic rings. The standard InChI is InChI=1S/C9H17ClN4O/c1-6(2)15-5-8(13-11)9-7(10)4-12-14(9)3/h4,6,8,13H,5,11H2,1-3H3. The van der Waals surface area contributed by atoms with Crippen LogP contribution in [-0.2, 0) is 11.8 Å². The number of hydrogen-bond donors (Lipinski definition) is 2. The van der Waals surface area contributed by atoms with E-state index in [1.807, 2.05) is 20.9 Å². The molecule has 0 spiro atoms. The Morgan fingerprint density at radius 3 is 2.73 bits per heavy atom. The van der Waals surface area contributed by atoms with Crippen molar-refractivity contribution in [1.82, 2.24) is 15.2 Å². The zero-order chi connectivity index (χ0) is 11.4. The Morgan fingerprint density at radius 2 is 2.33 bits per heavy atom. The van der Waals surface area contributed by atoms with Crippen LogP contribution in [0, 0.1) is 0 Å². The van der Waals surface area contributed by atoms with Gasteiger partial charge in [-0.25, -0.2) is 5.43 Å². The van der Waals surface area contributed by atoms with Crippen molar-refractivity contribution in [1.29, 1.82) is 0 Å². The van der Waals surface area contributed by atoms with Crippen molar-refractivity contribution in [2.45, 2.75) is 26.0 Å². The molecular formula is C9H17ClN4O. The van der Waals surface area contributed by atoms with Crippen LogP contribution < -0.4 is 11.3 Å². The minimum Gasteiger partial charge on any atom is -0.377 e. The summed E-state index contributed by atoms with van der Waals surface area (Å²) in [6.45, 7) is 4.41. The van der Waals surface area contributed by atoms with Gasteiger partial charge in [0.05, 0.1) is 35.7 Å². The summed E-state index contributed by atoms with van der Waals surface area (Å²) in [5.41, 5.74) is 3.50. The number of hydrazine groups is 1. The third-order valence-electron chi connectivity index (χ3n) is 2.07. The third-order valence-corrected chi connectivity index (χ3v) is 2.36. The quantitative estimate of drug-likeness (QED) is 0.587. The van der Waals surface area contributed by atoms with Crippen LogP contribution in [0.25, 0.3) is 0 Å². The third kappa shape index (κ3) is 3.17. The van der Waals surface area contributed by atoms with Crippen molar-refractivity contribution in [2.24, 2.45) is 12.9 Å². The molecule has 5 nitrogen and oxygen atoms in total. The number of rotatable bonds is 5. The lowest BCUT2D eigenvalue weighted by atomic mass is 10.2. The van der Waals surface area contributed by atoms with E-state index in [2.05, 4.69) is 10.5 Å². The van der Waals surface area contributed by atoms with E-state index >= 15 is 0 Å². The number of nitrogens with two attached hydrogens (primary N) is 1. The highest BCUT2D eigenvalue weighted by atomic mass is 35.5. The van der Waals surface area contributed by atoms with Crippen molar-refractivity contribution >= 4 is 11.6 Å². The zero-order valence-corrected chi connectivity index (χ0v) is 9.95. The van der Waals surface area contributed by atoms with E-state index in [9.17, 15) is 0 Å². The molecule has 0 saturated carbocycles. The second-order valence-electron chi connectivity index (χ2n) is 3.60. The lowest BCUT2D eigenvalue weighted by Crippen LogP contribution is -2.33. The SMILES string of the molecule is CC(C)OCC(NN)c1c(Cl)cnn1C. The van der Waals surface area contributed by atoms with Gasteiger partial charge in [-0.2, -0.15) is 5.10 Å². The maximum atomic E-state index is 6.00. The molecule has 0 amide bonds. The average molecular weight is 233 g/mol. The molecule has 0 saturated heterocycles. The number of hydrogen-bond acceptors (Lipinski definition) is 4. The van der Waals surface area contributed by atoms with Crippen LogP contribution in [0.5, 0.6) is 0 Å². The Hall–Kier alpha value is -0.620. The number of aromatic nitrogens is 2.